The average Bonchev–Trinajstić information content (AvgIpc) is 3.19. The van der Waals surface area contributed by atoms with Gasteiger partial charge in [0.05, 0.1) is 0 Å². The molecule has 0 aromatic carbocycles. The lowest BCUT2D eigenvalue weighted by molar-refractivity contribution is -0.167. The first-order valence-corrected chi connectivity index (χ1v) is 25.3. The highest BCUT2D eigenvalue weighted by Crippen LogP contribution is 2.18. The molecule has 0 aromatic heterocycles. The van der Waals surface area contributed by atoms with E-state index in [4.69, 9.17) is 14.2 Å². The number of hydrogen-bond acceptors (Lipinski definition) is 6. The van der Waals surface area contributed by atoms with Gasteiger partial charge in [-0.2, -0.15) is 0 Å². The van der Waals surface area contributed by atoms with Gasteiger partial charge in [0, 0.05) is 19.3 Å². The van der Waals surface area contributed by atoms with Gasteiger partial charge in [-0.05, 0) is 31.1 Å². The van der Waals surface area contributed by atoms with Crippen LogP contribution in [-0.4, -0.2) is 37.2 Å². The van der Waals surface area contributed by atoms with E-state index in [2.05, 4.69) is 34.6 Å². The van der Waals surface area contributed by atoms with Gasteiger partial charge < -0.3 is 14.2 Å². The standard InChI is InChI=1S/C51H98O6/c1-6-8-9-10-24-31-36-41-49(52)55-44-48(57-51(54)43-38-33-28-23-19-15-16-20-25-29-34-39-46(3)4)45-56-50(53)42-37-32-27-22-18-14-12-11-13-17-21-26-30-35-40-47(5)7-2/h46-48H,6-45H2,1-5H3/t47?,48-/m1/s1. The predicted molar refractivity (Wildman–Crippen MR) is 243 cm³/mol. The molecule has 0 saturated heterocycles. The van der Waals surface area contributed by atoms with Crippen LogP contribution < -0.4 is 0 Å². The van der Waals surface area contributed by atoms with E-state index < -0.39 is 6.10 Å². The Morgan fingerprint density at radius 2 is 0.667 bits per heavy atom. The third-order valence-corrected chi connectivity index (χ3v) is 11.8. The van der Waals surface area contributed by atoms with E-state index in [9.17, 15) is 14.4 Å². The van der Waals surface area contributed by atoms with Gasteiger partial charge in [-0.1, -0.05) is 240 Å². The van der Waals surface area contributed by atoms with Crippen LogP contribution in [0.1, 0.15) is 279 Å². The Kier molecular flexibility index (Phi) is 42.7. The molecule has 0 aliphatic heterocycles. The molecular weight excluding hydrogens is 709 g/mol. The van der Waals surface area contributed by atoms with Crippen molar-refractivity contribution in [2.45, 2.75) is 285 Å². The quantitative estimate of drug-likeness (QED) is 0.0346. The maximum absolute atomic E-state index is 12.7. The third kappa shape index (κ3) is 43.8. The Bertz CT molecular complexity index is 872. The van der Waals surface area contributed by atoms with Crippen molar-refractivity contribution in [1.29, 1.82) is 0 Å². The average molecular weight is 807 g/mol. The van der Waals surface area contributed by atoms with Gasteiger partial charge in [0.25, 0.3) is 0 Å². The van der Waals surface area contributed by atoms with Crippen molar-refractivity contribution in [3.8, 4) is 0 Å². The smallest absolute Gasteiger partial charge is 0.306 e. The summed E-state index contributed by atoms with van der Waals surface area (Å²) in [5.41, 5.74) is 0. The molecule has 57 heavy (non-hydrogen) atoms. The molecule has 6 heteroatoms. The van der Waals surface area contributed by atoms with Gasteiger partial charge in [0.1, 0.15) is 13.2 Å². The molecule has 0 aliphatic carbocycles. The molecule has 0 fully saturated rings. The van der Waals surface area contributed by atoms with Crippen LogP contribution in [-0.2, 0) is 28.6 Å². The zero-order valence-corrected chi connectivity index (χ0v) is 39.0. The topological polar surface area (TPSA) is 78.9 Å². The van der Waals surface area contributed by atoms with Crippen LogP contribution in [0, 0.1) is 11.8 Å². The number of carbonyl (C=O) groups excluding carboxylic acids is 3. The highest BCUT2D eigenvalue weighted by molar-refractivity contribution is 5.71. The molecule has 0 saturated carbocycles. The van der Waals surface area contributed by atoms with Gasteiger partial charge >= 0.3 is 17.9 Å². The fourth-order valence-electron chi connectivity index (χ4n) is 7.60. The third-order valence-electron chi connectivity index (χ3n) is 11.8. The molecule has 0 heterocycles. The van der Waals surface area contributed by atoms with Crippen molar-refractivity contribution < 1.29 is 28.6 Å². The van der Waals surface area contributed by atoms with E-state index in [-0.39, 0.29) is 31.1 Å². The van der Waals surface area contributed by atoms with Crippen LogP contribution in [0.25, 0.3) is 0 Å². The van der Waals surface area contributed by atoms with Crippen LogP contribution in [0.5, 0.6) is 0 Å². The van der Waals surface area contributed by atoms with Crippen LogP contribution in [0.15, 0.2) is 0 Å². The van der Waals surface area contributed by atoms with E-state index in [0.717, 1.165) is 69.6 Å². The molecule has 0 amide bonds. The fraction of sp³-hybridized carbons (Fsp3) is 0.941. The molecule has 0 N–H and O–H groups in total. The summed E-state index contributed by atoms with van der Waals surface area (Å²) in [5.74, 6) is 0.864. The summed E-state index contributed by atoms with van der Waals surface area (Å²) < 4.78 is 16.7. The number of esters is 3. The molecule has 0 rings (SSSR count). The van der Waals surface area contributed by atoms with E-state index in [1.54, 1.807) is 0 Å². The molecule has 0 aliphatic rings. The second-order valence-electron chi connectivity index (χ2n) is 18.2. The number of hydrogen-bond donors (Lipinski definition) is 0. The predicted octanol–water partition coefficient (Wildman–Crippen LogP) is 16.1. The van der Waals surface area contributed by atoms with Crippen LogP contribution in [0.3, 0.4) is 0 Å². The summed E-state index contributed by atoms with van der Waals surface area (Å²) >= 11 is 0. The summed E-state index contributed by atoms with van der Waals surface area (Å²) in [6, 6.07) is 0. The van der Waals surface area contributed by atoms with Gasteiger partial charge in [-0.3, -0.25) is 14.4 Å². The second-order valence-corrected chi connectivity index (χ2v) is 18.2. The molecule has 0 spiro atoms. The normalized spacial score (nSPS) is 12.5. The van der Waals surface area contributed by atoms with Gasteiger partial charge in [0.2, 0.25) is 0 Å². The Hall–Kier alpha value is -1.59. The summed E-state index contributed by atoms with van der Waals surface area (Å²) in [4.78, 5) is 37.7. The Morgan fingerprint density at radius 3 is 1.00 bits per heavy atom. The highest BCUT2D eigenvalue weighted by atomic mass is 16.6. The molecule has 0 radical (unpaired) electrons. The van der Waals surface area contributed by atoms with Crippen molar-refractivity contribution in [2.75, 3.05) is 13.2 Å². The van der Waals surface area contributed by atoms with E-state index >= 15 is 0 Å². The first-order chi connectivity index (χ1) is 27.8. The molecule has 2 atom stereocenters. The zero-order valence-electron chi connectivity index (χ0n) is 39.0. The largest absolute Gasteiger partial charge is 0.462 e. The number of carbonyl (C=O) groups is 3. The molecule has 1 unspecified atom stereocenters. The number of unbranched alkanes of at least 4 members (excludes halogenated alkanes) is 29. The van der Waals surface area contributed by atoms with Crippen molar-refractivity contribution in [1.82, 2.24) is 0 Å². The lowest BCUT2D eigenvalue weighted by atomic mass is 9.99. The van der Waals surface area contributed by atoms with Crippen molar-refractivity contribution in [2.24, 2.45) is 11.8 Å². The minimum Gasteiger partial charge on any atom is -0.462 e. The van der Waals surface area contributed by atoms with E-state index in [1.165, 1.54) is 167 Å². The first-order valence-electron chi connectivity index (χ1n) is 25.3. The van der Waals surface area contributed by atoms with Crippen molar-refractivity contribution >= 4 is 17.9 Å². The van der Waals surface area contributed by atoms with Gasteiger partial charge in [-0.15, -0.1) is 0 Å². The summed E-state index contributed by atoms with van der Waals surface area (Å²) in [7, 11) is 0. The molecular formula is C51H98O6. The minimum absolute atomic E-state index is 0.0642. The molecule has 0 bridgehead atoms. The number of rotatable bonds is 45. The van der Waals surface area contributed by atoms with Gasteiger partial charge in [-0.25, -0.2) is 0 Å². The Morgan fingerprint density at radius 1 is 0.368 bits per heavy atom. The Balaban J connectivity index is 4.20. The van der Waals surface area contributed by atoms with E-state index in [0.29, 0.717) is 19.3 Å². The van der Waals surface area contributed by atoms with Crippen LogP contribution >= 0.6 is 0 Å². The van der Waals surface area contributed by atoms with Crippen molar-refractivity contribution in [3.05, 3.63) is 0 Å². The molecule has 338 valence electrons. The first kappa shape index (κ1) is 55.4. The SMILES string of the molecule is CCCCCCCCCC(=O)OC[C@H](COC(=O)CCCCCCCCCCCCCCCCC(C)CC)OC(=O)CCCCCCCCCCCCCC(C)C. The maximum Gasteiger partial charge on any atom is 0.306 e. The van der Waals surface area contributed by atoms with Crippen LogP contribution in [0.2, 0.25) is 0 Å². The minimum atomic E-state index is -0.760. The molecule has 0 aromatic rings. The summed E-state index contributed by atoms with van der Waals surface area (Å²) in [6.07, 6.45) is 43.8. The Labute approximate surface area is 355 Å². The summed E-state index contributed by atoms with van der Waals surface area (Å²) in [5, 5.41) is 0. The van der Waals surface area contributed by atoms with Gasteiger partial charge in [0.15, 0.2) is 6.10 Å². The monoisotopic (exact) mass is 807 g/mol. The maximum atomic E-state index is 12.7. The lowest BCUT2D eigenvalue weighted by Gasteiger charge is -2.18. The number of ether oxygens (including phenoxy) is 3. The van der Waals surface area contributed by atoms with E-state index in [1.807, 2.05) is 0 Å². The molecule has 6 nitrogen and oxygen atoms in total. The lowest BCUT2D eigenvalue weighted by Crippen LogP contribution is -2.30. The van der Waals surface area contributed by atoms with Crippen molar-refractivity contribution in [3.63, 3.8) is 0 Å². The summed E-state index contributed by atoms with van der Waals surface area (Å²) in [6.45, 7) is 11.4. The zero-order chi connectivity index (χ0) is 41.9. The van der Waals surface area contributed by atoms with Crippen LogP contribution in [0.4, 0.5) is 0 Å². The second kappa shape index (κ2) is 44.0. The fourth-order valence-corrected chi connectivity index (χ4v) is 7.60. The highest BCUT2D eigenvalue weighted by Gasteiger charge is 2.19.